The second kappa shape index (κ2) is 5.82. The van der Waals surface area contributed by atoms with Crippen LogP contribution in [0.1, 0.15) is 12.5 Å². The lowest BCUT2D eigenvalue weighted by Gasteiger charge is -2.20. The van der Waals surface area contributed by atoms with E-state index in [4.69, 9.17) is 33.0 Å². The topological polar surface area (TPSA) is 58.6 Å². The first-order chi connectivity index (χ1) is 8.97. The molecule has 2 N–H and O–H groups in total. The first kappa shape index (κ1) is 14.2. The first-order valence-electron chi connectivity index (χ1n) is 5.75. The third-order valence-electron chi connectivity index (χ3n) is 2.80. The minimum absolute atomic E-state index is 0.383. The van der Waals surface area contributed by atoms with Gasteiger partial charge in [0.15, 0.2) is 0 Å². The van der Waals surface area contributed by atoms with Gasteiger partial charge in [0.05, 0.1) is 5.02 Å². The van der Waals surface area contributed by atoms with E-state index >= 15 is 0 Å². The molecule has 0 aliphatic carbocycles. The van der Waals surface area contributed by atoms with E-state index in [9.17, 15) is 4.79 Å². The Hall–Kier alpha value is -1.23. The number of ether oxygens (including phenoxy) is 1. The minimum atomic E-state index is -0.885. The Kier molecular flexibility index (Phi) is 4.34. The highest BCUT2D eigenvalue weighted by atomic mass is 35.5. The average Bonchev–Trinajstić information content (AvgIpc) is 2.35. The summed E-state index contributed by atoms with van der Waals surface area (Å²) in [6.07, 6.45) is 1.91. The Morgan fingerprint density at radius 2 is 2.26 bits per heavy atom. The SMILES string of the molecule is C[C@@H](NCC1=Cc2cc(Cl)cc(Cl)c2OC1)C(=O)O. The molecule has 0 saturated heterocycles. The van der Waals surface area contributed by atoms with Crippen molar-refractivity contribution < 1.29 is 14.6 Å². The van der Waals surface area contributed by atoms with Gasteiger partial charge in [0.25, 0.3) is 0 Å². The normalized spacial score (nSPS) is 15.2. The predicted molar refractivity (Wildman–Crippen MR) is 75.0 cm³/mol. The van der Waals surface area contributed by atoms with E-state index in [0.717, 1.165) is 11.1 Å². The van der Waals surface area contributed by atoms with Crippen LogP contribution in [0.5, 0.6) is 5.75 Å². The van der Waals surface area contributed by atoms with E-state index in [-0.39, 0.29) is 0 Å². The van der Waals surface area contributed by atoms with Crippen LogP contribution in [-0.4, -0.2) is 30.3 Å². The zero-order valence-corrected chi connectivity index (χ0v) is 11.8. The van der Waals surface area contributed by atoms with Gasteiger partial charge in [-0.2, -0.15) is 0 Å². The molecule has 1 heterocycles. The fourth-order valence-electron chi connectivity index (χ4n) is 1.74. The number of carbonyl (C=O) groups is 1. The van der Waals surface area contributed by atoms with Crippen molar-refractivity contribution in [2.24, 2.45) is 0 Å². The van der Waals surface area contributed by atoms with Crippen molar-refractivity contribution in [1.82, 2.24) is 5.32 Å². The van der Waals surface area contributed by atoms with E-state index < -0.39 is 12.0 Å². The fourth-order valence-corrected chi connectivity index (χ4v) is 2.30. The molecule has 19 heavy (non-hydrogen) atoms. The number of fused-ring (bicyclic) bond motifs is 1. The van der Waals surface area contributed by atoms with Crippen molar-refractivity contribution in [2.75, 3.05) is 13.2 Å². The number of rotatable bonds is 4. The van der Waals surface area contributed by atoms with Gasteiger partial charge < -0.3 is 15.2 Å². The summed E-state index contributed by atoms with van der Waals surface area (Å²) < 4.78 is 5.57. The summed E-state index contributed by atoms with van der Waals surface area (Å²) >= 11 is 12.0. The Labute approximate surface area is 121 Å². The van der Waals surface area contributed by atoms with Gasteiger partial charge in [0.1, 0.15) is 18.4 Å². The molecule has 0 amide bonds. The molecule has 0 unspecified atom stereocenters. The molecule has 102 valence electrons. The minimum Gasteiger partial charge on any atom is -0.487 e. The highest BCUT2D eigenvalue weighted by Gasteiger charge is 2.17. The van der Waals surface area contributed by atoms with Gasteiger partial charge in [-0.1, -0.05) is 23.2 Å². The van der Waals surface area contributed by atoms with E-state index in [2.05, 4.69) is 5.32 Å². The summed E-state index contributed by atoms with van der Waals surface area (Å²) in [5, 5.41) is 12.7. The highest BCUT2D eigenvalue weighted by molar-refractivity contribution is 6.36. The molecule has 4 nitrogen and oxygen atoms in total. The first-order valence-corrected chi connectivity index (χ1v) is 6.50. The van der Waals surface area contributed by atoms with Crippen molar-refractivity contribution in [2.45, 2.75) is 13.0 Å². The summed E-state index contributed by atoms with van der Waals surface area (Å²) in [6.45, 7) is 2.42. The second-order valence-corrected chi connectivity index (χ2v) is 5.18. The Balaban J connectivity index is 2.13. The average molecular weight is 302 g/mol. The molecular weight excluding hydrogens is 289 g/mol. The molecule has 0 spiro atoms. The number of hydrogen-bond donors (Lipinski definition) is 2. The van der Waals surface area contributed by atoms with Crippen molar-refractivity contribution in [3.63, 3.8) is 0 Å². The van der Waals surface area contributed by atoms with Gasteiger partial charge >= 0.3 is 5.97 Å². The molecule has 0 saturated carbocycles. The Bertz CT molecular complexity index is 543. The molecule has 1 aromatic rings. The monoisotopic (exact) mass is 301 g/mol. The van der Waals surface area contributed by atoms with Crippen LogP contribution in [-0.2, 0) is 4.79 Å². The summed E-state index contributed by atoms with van der Waals surface area (Å²) in [6, 6.07) is 2.79. The van der Waals surface area contributed by atoms with Gasteiger partial charge in [-0.05, 0) is 30.7 Å². The second-order valence-electron chi connectivity index (χ2n) is 4.34. The van der Waals surface area contributed by atoms with Crippen LogP contribution in [0.3, 0.4) is 0 Å². The number of aliphatic carboxylic acids is 1. The van der Waals surface area contributed by atoms with Gasteiger partial charge in [-0.15, -0.1) is 0 Å². The molecule has 1 aromatic carbocycles. The lowest BCUT2D eigenvalue weighted by molar-refractivity contribution is -0.138. The summed E-state index contributed by atoms with van der Waals surface area (Å²) in [5.74, 6) is -0.273. The number of benzene rings is 1. The van der Waals surface area contributed by atoms with Crippen molar-refractivity contribution in [1.29, 1.82) is 0 Å². The molecule has 1 aliphatic heterocycles. The predicted octanol–water partition coefficient (Wildman–Crippen LogP) is 2.83. The Morgan fingerprint density at radius 3 is 2.95 bits per heavy atom. The smallest absolute Gasteiger partial charge is 0.320 e. The lowest BCUT2D eigenvalue weighted by atomic mass is 10.1. The van der Waals surface area contributed by atoms with Crippen LogP contribution in [0, 0.1) is 0 Å². The van der Waals surface area contributed by atoms with Crippen LogP contribution in [0.25, 0.3) is 6.08 Å². The lowest BCUT2D eigenvalue weighted by Crippen LogP contribution is -2.35. The van der Waals surface area contributed by atoms with Gasteiger partial charge in [-0.3, -0.25) is 4.79 Å². The van der Waals surface area contributed by atoms with E-state index in [1.165, 1.54) is 0 Å². The van der Waals surface area contributed by atoms with Gasteiger partial charge in [0, 0.05) is 17.1 Å². The number of carboxylic acids is 1. The van der Waals surface area contributed by atoms with Crippen LogP contribution in [0.15, 0.2) is 17.7 Å². The van der Waals surface area contributed by atoms with Crippen LogP contribution in [0.2, 0.25) is 10.0 Å². The number of carboxylic acid groups (broad SMARTS) is 1. The van der Waals surface area contributed by atoms with E-state index in [0.29, 0.717) is 28.9 Å². The number of hydrogen-bond acceptors (Lipinski definition) is 3. The zero-order valence-electron chi connectivity index (χ0n) is 10.2. The quantitative estimate of drug-likeness (QED) is 0.898. The van der Waals surface area contributed by atoms with Crippen molar-refractivity contribution in [3.8, 4) is 5.75 Å². The fraction of sp³-hybridized carbons (Fsp3) is 0.308. The molecule has 0 aromatic heterocycles. The highest BCUT2D eigenvalue weighted by Crippen LogP contribution is 2.36. The van der Waals surface area contributed by atoms with E-state index in [1.807, 2.05) is 6.08 Å². The molecule has 0 fully saturated rings. The van der Waals surface area contributed by atoms with Gasteiger partial charge in [-0.25, -0.2) is 0 Å². The maximum Gasteiger partial charge on any atom is 0.320 e. The van der Waals surface area contributed by atoms with Crippen molar-refractivity contribution in [3.05, 3.63) is 33.3 Å². The molecule has 6 heteroatoms. The summed E-state index contributed by atoms with van der Waals surface area (Å²) in [7, 11) is 0. The number of halogens is 2. The summed E-state index contributed by atoms with van der Waals surface area (Å²) in [4.78, 5) is 10.7. The third kappa shape index (κ3) is 3.41. The van der Waals surface area contributed by atoms with Crippen LogP contribution in [0.4, 0.5) is 0 Å². The van der Waals surface area contributed by atoms with Crippen LogP contribution < -0.4 is 10.1 Å². The maximum atomic E-state index is 10.7. The molecule has 0 radical (unpaired) electrons. The standard InChI is InChI=1S/C13H13Cl2NO3/c1-7(13(17)18)16-5-8-2-9-3-10(14)4-11(15)12(9)19-6-8/h2-4,7,16H,5-6H2,1H3,(H,17,18)/t7-/m1/s1. The molecule has 1 aliphatic rings. The summed E-state index contributed by atoms with van der Waals surface area (Å²) in [5.41, 5.74) is 1.75. The molecular formula is C13H13Cl2NO3. The number of nitrogens with one attached hydrogen (secondary N) is 1. The molecule has 1 atom stereocenters. The third-order valence-corrected chi connectivity index (χ3v) is 3.30. The molecule has 0 bridgehead atoms. The Morgan fingerprint density at radius 1 is 1.53 bits per heavy atom. The van der Waals surface area contributed by atoms with Crippen molar-refractivity contribution >= 4 is 35.2 Å². The van der Waals surface area contributed by atoms with Gasteiger partial charge in [0.2, 0.25) is 0 Å². The van der Waals surface area contributed by atoms with Crippen LogP contribution >= 0.6 is 23.2 Å². The molecule has 2 rings (SSSR count). The maximum absolute atomic E-state index is 10.7. The largest absolute Gasteiger partial charge is 0.487 e. The van der Waals surface area contributed by atoms with E-state index in [1.54, 1.807) is 19.1 Å². The zero-order chi connectivity index (χ0) is 14.0.